The Balaban J connectivity index is 2.06. The predicted molar refractivity (Wildman–Crippen MR) is 61.9 cm³/mol. The third-order valence-electron chi connectivity index (χ3n) is 2.47. The van der Waals surface area contributed by atoms with Gasteiger partial charge >= 0.3 is 0 Å². The maximum atomic E-state index is 5.13. The summed E-state index contributed by atoms with van der Waals surface area (Å²) < 4.78 is 6.82. The number of hydrogen-bond acceptors (Lipinski definition) is 6. The molecule has 0 fully saturated rings. The van der Waals surface area contributed by atoms with Crippen LogP contribution in [0.2, 0.25) is 0 Å². The topological polar surface area (TPSA) is 82.5 Å². The van der Waals surface area contributed by atoms with Crippen molar-refractivity contribution in [3.8, 4) is 17.1 Å². The summed E-state index contributed by atoms with van der Waals surface area (Å²) in [7, 11) is 0. The number of rotatable bonds is 2. The normalized spacial score (nSPS) is 10.8. The van der Waals surface area contributed by atoms with Gasteiger partial charge in [0.25, 0.3) is 5.89 Å². The molecule has 0 amide bonds. The molecule has 90 valence electrons. The van der Waals surface area contributed by atoms with E-state index in [-0.39, 0.29) is 0 Å². The van der Waals surface area contributed by atoms with E-state index in [0.29, 0.717) is 11.7 Å². The van der Waals surface area contributed by atoms with E-state index >= 15 is 0 Å². The van der Waals surface area contributed by atoms with Crippen molar-refractivity contribution in [2.24, 2.45) is 0 Å². The van der Waals surface area contributed by atoms with Crippen molar-refractivity contribution in [2.45, 2.75) is 13.8 Å². The summed E-state index contributed by atoms with van der Waals surface area (Å²) in [6.45, 7) is 3.66. The van der Waals surface area contributed by atoms with Crippen LogP contribution >= 0.6 is 0 Å². The molecule has 0 aliphatic rings. The molecule has 7 nitrogen and oxygen atoms in total. The summed E-state index contributed by atoms with van der Waals surface area (Å²) in [5.74, 6) is 1.06. The lowest BCUT2D eigenvalue weighted by Crippen LogP contribution is -1.95. The molecular weight excluding hydrogens is 232 g/mol. The van der Waals surface area contributed by atoms with Crippen LogP contribution in [-0.4, -0.2) is 29.9 Å². The zero-order valence-corrected chi connectivity index (χ0v) is 9.90. The Morgan fingerprint density at radius 3 is 2.61 bits per heavy atom. The van der Waals surface area contributed by atoms with E-state index in [0.717, 1.165) is 16.9 Å². The standard InChI is InChI=1S/C11H10N6O/c1-7-10(11-14-8(2)16-18-11)5-17(15-7)9-3-12-6-13-4-9/h3-6H,1-2H3. The molecule has 0 saturated heterocycles. The van der Waals surface area contributed by atoms with Crippen molar-refractivity contribution in [1.82, 2.24) is 29.9 Å². The molecule has 3 heterocycles. The molecule has 3 aromatic rings. The Bertz CT molecular complexity index is 672. The van der Waals surface area contributed by atoms with Gasteiger partial charge in [-0.1, -0.05) is 5.16 Å². The molecule has 3 aromatic heterocycles. The van der Waals surface area contributed by atoms with Gasteiger partial charge in [-0.3, -0.25) is 0 Å². The van der Waals surface area contributed by atoms with Crippen molar-refractivity contribution in [3.05, 3.63) is 36.4 Å². The molecule has 0 aliphatic heterocycles. The van der Waals surface area contributed by atoms with Crippen LogP contribution in [0.15, 0.2) is 29.4 Å². The first-order valence-electron chi connectivity index (χ1n) is 5.36. The number of hydrogen-bond donors (Lipinski definition) is 0. The zero-order valence-electron chi connectivity index (χ0n) is 9.90. The summed E-state index contributed by atoms with van der Waals surface area (Å²) >= 11 is 0. The Morgan fingerprint density at radius 2 is 1.94 bits per heavy atom. The molecule has 0 bridgehead atoms. The summed E-state index contributed by atoms with van der Waals surface area (Å²) in [5.41, 5.74) is 2.39. The van der Waals surface area contributed by atoms with Crippen molar-refractivity contribution in [2.75, 3.05) is 0 Å². The van der Waals surface area contributed by atoms with E-state index in [1.807, 2.05) is 13.1 Å². The first-order valence-corrected chi connectivity index (χ1v) is 5.36. The van der Waals surface area contributed by atoms with Gasteiger partial charge in [-0.2, -0.15) is 10.1 Å². The summed E-state index contributed by atoms with van der Waals surface area (Å²) in [5, 5.41) is 8.14. The van der Waals surface area contributed by atoms with Gasteiger partial charge in [-0.05, 0) is 13.8 Å². The van der Waals surface area contributed by atoms with Gasteiger partial charge in [0.05, 0.1) is 23.7 Å². The molecule has 0 saturated carbocycles. The van der Waals surface area contributed by atoms with Crippen molar-refractivity contribution < 1.29 is 4.52 Å². The Morgan fingerprint density at radius 1 is 1.17 bits per heavy atom. The van der Waals surface area contributed by atoms with Gasteiger partial charge < -0.3 is 4.52 Å². The maximum absolute atomic E-state index is 5.13. The second-order valence-electron chi connectivity index (χ2n) is 3.82. The van der Waals surface area contributed by atoms with Gasteiger partial charge in [-0.15, -0.1) is 0 Å². The Labute approximate surface area is 103 Å². The molecule has 0 unspecified atom stereocenters. The van der Waals surface area contributed by atoms with Gasteiger partial charge in [-0.25, -0.2) is 14.6 Å². The molecule has 0 N–H and O–H groups in total. The minimum atomic E-state index is 0.466. The van der Waals surface area contributed by atoms with Gasteiger partial charge in [0.2, 0.25) is 0 Å². The fourth-order valence-corrected chi connectivity index (χ4v) is 1.62. The third-order valence-corrected chi connectivity index (χ3v) is 2.47. The van der Waals surface area contributed by atoms with Crippen LogP contribution in [0.1, 0.15) is 11.5 Å². The highest BCUT2D eigenvalue weighted by molar-refractivity contribution is 5.55. The molecule has 0 aromatic carbocycles. The lowest BCUT2D eigenvalue weighted by molar-refractivity contribution is 0.425. The maximum Gasteiger partial charge on any atom is 0.261 e. The molecule has 18 heavy (non-hydrogen) atoms. The number of aromatic nitrogens is 6. The van der Waals surface area contributed by atoms with E-state index < -0.39 is 0 Å². The van der Waals surface area contributed by atoms with Gasteiger partial charge in [0.1, 0.15) is 12.0 Å². The predicted octanol–water partition coefficient (Wildman–Crippen LogP) is 1.33. The largest absolute Gasteiger partial charge is 0.334 e. The number of aryl methyl sites for hydroxylation is 2. The molecule has 7 heteroatoms. The van der Waals surface area contributed by atoms with Crippen molar-refractivity contribution in [1.29, 1.82) is 0 Å². The Kier molecular flexibility index (Phi) is 2.36. The minimum absolute atomic E-state index is 0.466. The van der Waals surface area contributed by atoms with Gasteiger partial charge in [0, 0.05) is 6.20 Å². The average molecular weight is 242 g/mol. The molecule has 0 atom stereocenters. The van der Waals surface area contributed by atoms with Crippen LogP contribution in [0, 0.1) is 13.8 Å². The van der Waals surface area contributed by atoms with Crippen molar-refractivity contribution in [3.63, 3.8) is 0 Å². The first kappa shape index (κ1) is 10.6. The van der Waals surface area contributed by atoms with Crippen LogP contribution in [0.3, 0.4) is 0 Å². The van der Waals surface area contributed by atoms with Crippen molar-refractivity contribution >= 4 is 0 Å². The minimum Gasteiger partial charge on any atom is -0.334 e. The molecule has 3 rings (SSSR count). The fraction of sp³-hybridized carbons (Fsp3) is 0.182. The summed E-state index contributed by atoms with van der Waals surface area (Å²) in [4.78, 5) is 12.1. The highest BCUT2D eigenvalue weighted by Crippen LogP contribution is 2.21. The van der Waals surface area contributed by atoms with E-state index in [1.54, 1.807) is 24.0 Å². The van der Waals surface area contributed by atoms with Crippen LogP contribution < -0.4 is 0 Å². The second-order valence-corrected chi connectivity index (χ2v) is 3.82. The van der Waals surface area contributed by atoms with E-state index in [4.69, 9.17) is 4.52 Å². The van der Waals surface area contributed by atoms with Crippen LogP contribution in [0.4, 0.5) is 0 Å². The SMILES string of the molecule is Cc1noc(-c2cn(-c3cncnc3)nc2C)n1. The molecular formula is C11H10N6O. The quantitative estimate of drug-likeness (QED) is 0.674. The lowest BCUT2D eigenvalue weighted by Gasteiger charge is -1.96. The van der Waals surface area contributed by atoms with E-state index in [1.165, 1.54) is 6.33 Å². The lowest BCUT2D eigenvalue weighted by atomic mass is 10.3. The van der Waals surface area contributed by atoms with Gasteiger partial charge in [0.15, 0.2) is 5.82 Å². The molecule has 0 spiro atoms. The fourth-order valence-electron chi connectivity index (χ4n) is 1.62. The smallest absolute Gasteiger partial charge is 0.261 e. The van der Waals surface area contributed by atoms with Crippen LogP contribution in [0.5, 0.6) is 0 Å². The summed E-state index contributed by atoms with van der Waals surface area (Å²) in [6, 6.07) is 0. The van der Waals surface area contributed by atoms with E-state index in [2.05, 4.69) is 25.2 Å². The second kappa shape index (κ2) is 4.02. The van der Waals surface area contributed by atoms with Crippen LogP contribution in [-0.2, 0) is 0 Å². The average Bonchev–Trinajstić information content (AvgIpc) is 2.97. The molecule has 0 aliphatic carbocycles. The summed E-state index contributed by atoms with van der Waals surface area (Å²) in [6.07, 6.45) is 6.66. The monoisotopic (exact) mass is 242 g/mol. The zero-order chi connectivity index (χ0) is 12.5. The third kappa shape index (κ3) is 1.75. The molecule has 0 radical (unpaired) electrons. The van der Waals surface area contributed by atoms with Crippen LogP contribution in [0.25, 0.3) is 17.1 Å². The highest BCUT2D eigenvalue weighted by Gasteiger charge is 2.14. The van der Waals surface area contributed by atoms with E-state index in [9.17, 15) is 0 Å². The Hall–Kier alpha value is -2.57. The first-order chi connectivity index (χ1) is 8.74. The number of nitrogens with zero attached hydrogens (tertiary/aromatic N) is 6. The highest BCUT2D eigenvalue weighted by atomic mass is 16.5.